The SMILES string of the molecule is C=C1/C(=C\C=C2/CCC[C@]3(C)C([C@@H](C)CC#CC(C)(C)O)=CCC23)CCC[C@@H]1O. The van der Waals surface area contributed by atoms with Crippen LogP contribution in [0.5, 0.6) is 0 Å². The third-order valence-electron chi connectivity index (χ3n) is 7.18. The molecule has 4 atom stereocenters. The van der Waals surface area contributed by atoms with Crippen LogP contribution in [-0.4, -0.2) is 21.9 Å². The number of rotatable bonds is 3. The summed E-state index contributed by atoms with van der Waals surface area (Å²) in [7, 11) is 0. The number of hydrogen-bond acceptors (Lipinski definition) is 2. The summed E-state index contributed by atoms with van der Waals surface area (Å²) < 4.78 is 0. The molecule has 3 aliphatic carbocycles. The van der Waals surface area contributed by atoms with E-state index in [4.69, 9.17) is 0 Å². The molecule has 2 fully saturated rings. The van der Waals surface area contributed by atoms with Crippen molar-refractivity contribution in [2.45, 2.75) is 90.8 Å². The highest BCUT2D eigenvalue weighted by Gasteiger charge is 2.45. The average molecular weight is 395 g/mol. The van der Waals surface area contributed by atoms with Gasteiger partial charge in [-0.3, -0.25) is 0 Å². The van der Waals surface area contributed by atoms with Crippen LogP contribution < -0.4 is 0 Å². The number of aliphatic hydroxyl groups excluding tert-OH is 1. The van der Waals surface area contributed by atoms with Gasteiger partial charge in [-0.2, -0.15) is 0 Å². The van der Waals surface area contributed by atoms with E-state index in [2.05, 4.69) is 50.5 Å². The van der Waals surface area contributed by atoms with Gasteiger partial charge in [-0.05, 0) is 87.2 Å². The maximum Gasteiger partial charge on any atom is 0.119 e. The van der Waals surface area contributed by atoms with Gasteiger partial charge < -0.3 is 10.2 Å². The molecule has 0 amide bonds. The Labute approximate surface area is 177 Å². The number of hydrogen-bond donors (Lipinski definition) is 2. The van der Waals surface area contributed by atoms with Crippen LogP contribution in [0.2, 0.25) is 0 Å². The second-order valence-corrected chi connectivity index (χ2v) is 10.1. The second kappa shape index (κ2) is 8.66. The van der Waals surface area contributed by atoms with Gasteiger partial charge in [0, 0.05) is 6.42 Å². The molecule has 3 rings (SSSR count). The molecule has 0 aromatic heterocycles. The zero-order valence-corrected chi connectivity index (χ0v) is 18.7. The summed E-state index contributed by atoms with van der Waals surface area (Å²) in [5.74, 6) is 7.17. The number of allylic oxidation sites excluding steroid dienone is 5. The molecule has 158 valence electrons. The molecule has 29 heavy (non-hydrogen) atoms. The first-order valence-electron chi connectivity index (χ1n) is 11.3. The number of fused-ring (bicyclic) bond motifs is 1. The molecule has 0 saturated heterocycles. The van der Waals surface area contributed by atoms with E-state index in [0.717, 1.165) is 37.7 Å². The summed E-state index contributed by atoms with van der Waals surface area (Å²) in [5.41, 5.74) is 4.56. The summed E-state index contributed by atoms with van der Waals surface area (Å²) >= 11 is 0. The molecule has 0 aliphatic heterocycles. The highest BCUT2D eigenvalue weighted by molar-refractivity contribution is 5.39. The van der Waals surface area contributed by atoms with E-state index in [-0.39, 0.29) is 11.5 Å². The maximum absolute atomic E-state index is 10.1. The quantitative estimate of drug-likeness (QED) is 0.464. The van der Waals surface area contributed by atoms with Crippen molar-refractivity contribution in [1.29, 1.82) is 0 Å². The monoisotopic (exact) mass is 394 g/mol. The van der Waals surface area contributed by atoms with Gasteiger partial charge in [-0.1, -0.05) is 61.6 Å². The van der Waals surface area contributed by atoms with Crippen LogP contribution >= 0.6 is 0 Å². The zero-order valence-electron chi connectivity index (χ0n) is 18.7. The van der Waals surface area contributed by atoms with Gasteiger partial charge in [0.25, 0.3) is 0 Å². The molecule has 2 nitrogen and oxygen atoms in total. The van der Waals surface area contributed by atoms with Gasteiger partial charge in [-0.15, -0.1) is 0 Å². The molecule has 2 saturated carbocycles. The largest absolute Gasteiger partial charge is 0.388 e. The van der Waals surface area contributed by atoms with Crippen LogP contribution in [-0.2, 0) is 0 Å². The molecule has 0 bridgehead atoms. The van der Waals surface area contributed by atoms with Gasteiger partial charge in [-0.25, -0.2) is 0 Å². The van der Waals surface area contributed by atoms with E-state index in [1.165, 1.54) is 24.8 Å². The zero-order chi connectivity index (χ0) is 21.2. The summed E-state index contributed by atoms with van der Waals surface area (Å²) in [6, 6.07) is 0. The Balaban J connectivity index is 1.75. The van der Waals surface area contributed by atoms with E-state index in [1.807, 2.05) is 0 Å². The van der Waals surface area contributed by atoms with Crippen LogP contribution in [0.25, 0.3) is 0 Å². The van der Waals surface area contributed by atoms with E-state index in [9.17, 15) is 10.2 Å². The minimum Gasteiger partial charge on any atom is -0.388 e. The lowest BCUT2D eigenvalue weighted by atomic mass is 9.62. The molecule has 2 heteroatoms. The Kier molecular flexibility index (Phi) is 6.61. The van der Waals surface area contributed by atoms with Crippen molar-refractivity contribution in [2.24, 2.45) is 17.3 Å². The van der Waals surface area contributed by atoms with Crippen LogP contribution in [0, 0.1) is 29.1 Å². The Morgan fingerprint density at radius 3 is 2.79 bits per heavy atom. The Hall–Kier alpha value is -1.56. The van der Waals surface area contributed by atoms with E-state index >= 15 is 0 Å². The third-order valence-corrected chi connectivity index (χ3v) is 7.18. The summed E-state index contributed by atoms with van der Waals surface area (Å²) in [5, 5.41) is 19.9. The minimum absolute atomic E-state index is 0.224. The summed E-state index contributed by atoms with van der Waals surface area (Å²) in [6.07, 6.45) is 15.2. The predicted octanol–water partition coefficient (Wildman–Crippen LogP) is 5.88. The van der Waals surface area contributed by atoms with Crippen LogP contribution in [0.15, 0.2) is 47.1 Å². The third kappa shape index (κ3) is 4.96. The lowest BCUT2D eigenvalue weighted by Crippen LogP contribution is -2.32. The van der Waals surface area contributed by atoms with Gasteiger partial charge in [0.1, 0.15) is 5.60 Å². The van der Waals surface area contributed by atoms with Crippen molar-refractivity contribution >= 4 is 0 Å². The molecule has 1 unspecified atom stereocenters. The molecule has 2 N–H and O–H groups in total. The van der Waals surface area contributed by atoms with Gasteiger partial charge in [0.15, 0.2) is 0 Å². The first kappa shape index (κ1) is 22.1. The molecule has 3 aliphatic rings. The van der Waals surface area contributed by atoms with Crippen LogP contribution in [0.4, 0.5) is 0 Å². The van der Waals surface area contributed by atoms with E-state index < -0.39 is 5.60 Å². The fourth-order valence-corrected chi connectivity index (χ4v) is 5.58. The highest BCUT2D eigenvalue weighted by Crippen LogP contribution is 2.56. The van der Waals surface area contributed by atoms with Crippen LogP contribution in [0.1, 0.15) is 79.1 Å². The molecule has 0 aromatic carbocycles. The topological polar surface area (TPSA) is 40.5 Å². The maximum atomic E-state index is 10.1. The Morgan fingerprint density at radius 2 is 2.07 bits per heavy atom. The lowest BCUT2D eigenvalue weighted by molar-refractivity contribution is 0.143. The number of aliphatic hydroxyl groups is 2. The van der Waals surface area contributed by atoms with Crippen molar-refractivity contribution in [1.82, 2.24) is 0 Å². The van der Waals surface area contributed by atoms with Crippen LogP contribution in [0.3, 0.4) is 0 Å². The van der Waals surface area contributed by atoms with Crippen molar-refractivity contribution in [3.63, 3.8) is 0 Å². The minimum atomic E-state index is -0.916. The van der Waals surface area contributed by atoms with Crippen molar-refractivity contribution in [3.05, 3.63) is 47.1 Å². The Morgan fingerprint density at radius 1 is 1.31 bits per heavy atom. The van der Waals surface area contributed by atoms with Gasteiger partial charge >= 0.3 is 0 Å². The van der Waals surface area contributed by atoms with E-state index in [0.29, 0.717) is 11.8 Å². The van der Waals surface area contributed by atoms with Crippen molar-refractivity contribution in [2.75, 3.05) is 0 Å². The molecule has 0 aromatic rings. The predicted molar refractivity (Wildman–Crippen MR) is 121 cm³/mol. The fourth-order valence-electron chi connectivity index (χ4n) is 5.58. The van der Waals surface area contributed by atoms with Gasteiger partial charge in [0.05, 0.1) is 6.10 Å². The first-order chi connectivity index (χ1) is 13.6. The summed E-state index contributed by atoms with van der Waals surface area (Å²) in [6.45, 7) is 12.3. The Bertz CT molecular complexity index is 793. The summed E-state index contributed by atoms with van der Waals surface area (Å²) in [4.78, 5) is 0. The standard InChI is InChI=1S/C27H38O2/c1-19(9-7-17-26(3,4)29)23-15-16-24-22(11-8-18-27(23,24)5)14-13-21-10-6-12-25(28)20(21)2/h13-15,19,24-25,28-29H,2,6,8-12,16,18H2,1,3-5H3/b21-13-,22-14+/t19-,24?,25-,27+/m0/s1. The normalized spacial score (nSPS) is 33.9. The average Bonchev–Trinajstić information content (AvgIpc) is 2.99. The molecular formula is C27H38O2. The van der Waals surface area contributed by atoms with Crippen molar-refractivity contribution < 1.29 is 10.2 Å². The molecule has 0 heterocycles. The molecular weight excluding hydrogens is 356 g/mol. The van der Waals surface area contributed by atoms with Crippen molar-refractivity contribution in [3.8, 4) is 11.8 Å². The van der Waals surface area contributed by atoms with E-state index in [1.54, 1.807) is 25.0 Å². The molecule has 0 radical (unpaired) electrons. The second-order valence-electron chi connectivity index (χ2n) is 10.1. The smallest absolute Gasteiger partial charge is 0.119 e. The molecule has 0 spiro atoms. The first-order valence-corrected chi connectivity index (χ1v) is 11.3. The van der Waals surface area contributed by atoms with Gasteiger partial charge in [0.2, 0.25) is 0 Å². The fraction of sp³-hybridized carbons (Fsp3) is 0.630. The lowest BCUT2D eigenvalue weighted by Gasteiger charge is -2.42. The highest BCUT2D eigenvalue weighted by atomic mass is 16.3.